The Hall–Kier alpha value is -1.25. The summed E-state index contributed by atoms with van der Waals surface area (Å²) < 4.78 is 5.15. The van der Waals surface area contributed by atoms with Crippen LogP contribution < -0.4 is 10.1 Å². The second kappa shape index (κ2) is 3.37. The summed E-state index contributed by atoms with van der Waals surface area (Å²) in [4.78, 5) is 4.44. The molecule has 3 fully saturated rings. The molecule has 0 saturated heterocycles. The van der Waals surface area contributed by atoms with Crippen LogP contribution in [0.2, 0.25) is 0 Å². The van der Waals surface area contributed by atoms with Crippen molar-refractivity contribution >= 4 is 5.82 Å². The van der Waals surface area contributed by atoms with Crippen LogP contribution in [0.3, 0.4) is 0 Å². The van der Waals surface area contributed by atoms with E-state index < -0.39 is 0 Å². The molecule has 4 atom stereocenters. The van der Waals surface area contributed by atoms with Crippen LogP contribution in [0, 0.1) is 23.7 Å². The average molecular weight is 230 g/mol. The Morgan fingerprint density at radius 1 is 1.24 bits per heavy atom. The summed E-state index contributed by atoms with van der Waals surface area (Å²) in [5, 5.41) is 3.60. The fourth-order valence-corrected chi connectivity index (χ4v) is 4.30. The van der Waals surface area contributed by atoms with Crippen LogP contribution in [-0.4, -0.2) is 18.1 Å². The van der Waals surface area contributed by atoms with Crippen molar-refractivity contribution in [2.75, 3.05) is 12.4 Å². The van der Waals surface area contributed by atoms with Gasteiger partial charge >= 0.3 is 0 Å². The lowest BCUT2D eigenvalue weighted by molar-refractivity contribution is 0.398. The van der Waals surface area contributed by atoms with E-state index in [9.17, 15) is 0 Å². The van der Waals surface area contributed by atoms with Crippen LogP contribution in [0.4, 0.5) is 5.82 Å². The number of hydrogen-bond acceptors (Lipinski definition) is 3. The number of nitrogens with zero attached hydrogens (tertiary/aromatic N) is 1. The van der Waals surface area contributed by atoms with Gasteiger partial charge in [-0.25, -0.2) is 0 Å². The van der Waals surface area contributed by atoms with Crippen LogP contribution in [0.25, 0.3) is 0 Å². The summed E-state index contributed by atoms with van der Waals surface area (Å²) >= 11 is 0. The molecule has 17 heavy (non-hydrogen) atoms. The van der Waals surface area contributed by atoms with E-state index in [1.165, 1.54) is 19.3 Å². The van der Waals surface area contributed by atoms with E-state index >= 15 is 0 Å². The summed E-state index contributed by atoms with van der Waals surface area (Å²) in [6.07, 6.45) is 4.43. The molecule has 0 amide bonds. The average Bonchev–Trinajstić information content (AvgIpc) is 2.76. The van der Waals surface area contributed by atoms with Gasteiger partial charge in [0.2, 0.25) is 5.88 Å². The normalized spacial score (nSPS) is 41.1. The second-order valence-electron chi connectivity index (χ2n) is 5.72. The van der Waals surface area contributed by atoms with Crippen LogP contribution in [0.5, 0.6) is 5.88 Å². The summed E-state index contributed by atoms with van der Waals surface area (Å²) in [5.74, 6) is 5.58. The number of anilines is 1. The molecule has 3 heteroatoms. The highest BCUT2D eigenvalue weighted by Gasteiger charge is 2.65. The summed E-state index contributed by atoms with van der Waals surface area (Å²) in [6.45, 7) is 0. The number of hydrogen-bond donors (Lipinski definition) is 1. The quantitative estimate of drug-likeness (QED) is 0.866. The summed E-state index contributed by atoms with van der Waals surface area (Å²) in [7, 11) is 1.66. The van der Waals surface area contributed by atoms with Gasteiger partial charge in [0.05, 0.1) is 7.11 Å². The van der Waals surface area contributed by atoms with Gasteiger partial charge in [-0.3, -0.25) is 0 Å². The van der Waals surface area contributed by atoms with Crippen LogP contribution in [-0.2, 0) is 0 Å². The molecule has 0 aliphatic heterocycles. The van der Waals surface area contributed by atoms with Gasteiger partial charge in [-0.2, -0.15) is 4.98 Å². The van der Waals surface area contributed by atoms with Gasteiger partial charge in [0, 0.05) is 12.1 Å². The minimum atomic E-state index is 0.695. The van der Waals surface area contributed by atoms with Gasteiger partial charge in [0.25, 0.3) is 0 Å². The van der Waals surface area contributed by atoms with Crippen molar-refractivity contribution in [3.05, 3.63) is 18.2 Å². The predicted molar refractivity (Wildman–Crippen MR) is 66.0 cm³/mol. The van der Waals surface area contributed by atoms with Gasteiger partial charge in [-0.15, -0.1) is 0 Å². The number of ether oxygens (including phenoxy) is 1. The van der Waals surface area contributed by atoms with E-state index in [1.54, 1.807) is 7.11 Å². The van der Waals surface area contributed by atoms with Crippen molar-refractivity contribution in [1.82, 2.24) is 4.98 Å². The number of methoxy groups -OCH3 is 1. The third kappa shape index (κ3) is 1.38. The zero-order valence-corrected chi connectivity index (χ0v) is 10.1. The Kier molecular flexibility index (Phi) is 1.93. The first-order chi connectivity index (χ1) is 8.36. The molecular weight excluding hydrogens is 212 g/mol. The predicted octanol–water partition coefficient (Wildman–Crippen LogP) is 2.55. The monoisotopic (exact) mass is 230 g/mol. The maximum atomic E-state index is 5.15. The van der Waals surface area contributed by atoms with Crippen molar-refractivity contribution in [3.63, 3.8) is 0 Å². The van der Waals surface area contributed by atoms with E-state index in [-0.39, 0.29) is 0 Å². The van der Waals surface area contributed by atoms with Crippen molar-refractivity contribution < 1.29 is 4.74 Å². The lowest BCUT2D eigenvalue weighted by Gasteiger charge is -2.11. The van der Waals surface area contributed by atoms with Crippen LogP contribution >= 0.6 is 0 Å². The Morgan fingerprint density at radius 3 is 2.71 bits per heavy atom. The third-order valence-electron chi connectivity index (χ3n) is 4.98. The number of pyridine rings is 1. The minimum Gasteiger partial charge on any atom is -0.481 e. The standard InChI is InChI=1S/C14H18N2O/c1-17-11-4-2-3-10(15-11)16-14-12-8-5-6-9(7-8)13(12)14/h2-4,8-9,12-14H,5-7H2,1H3,(H,15,16). The van der Waals surface area contributed by atoms with E-state index in [4.69, 9.17) is 4.74 Å². The first-order valence-corrected chi connectivity index (χ1v) is 6.64. The van der Waals surface area contributed by atoms with Gasteiger partial charge in [-0.05, 0) is 49.0 Å². The second-order valence-corrected chi connectivity index (χ2v) is 5.72. The molecule has 2 bridgehead atoms. The fourth-order valence-electron chi connectivity index (χ4n) is 4.30. The van der Waals surface area contributed by atoms with Gasteiger partial charge in [0.15, 0.2) is 0 Å². The number of aromatic nitrogens is 1. The van der Waals surface area contributed by atoms with E-state index in [2.05, 4.69) is 10.3 Å². The molecule has 0 radical (unpaired) electrons. The van der Waals surface area contributed by atoms with Crippen molar-refractivity contribution in [2.24, 2.45) is 23.7 Å². The fraction of sp³-hybridized carbons (Fsp3) is 0.643. The Labute approximate surface area is 102 Å². The molecule has 1 aromatic heterocycles. The SMILES string of the molecule is COc1cccc(NC2C3C4CCC(C4)C23)n1. The molecule has 1 aromatic rings. The Bertz CT molecular complexity index is 432. The van der Waals surface area contributed by atoms with E-state index in [0.717, 1.165) is 29.5 Å². The van der Waals surface area contributed by atoms with E-state index in [0.29, 0.717) is 11.9 Å². The zero-order valence-electron chi connectivity index (χ0n) is 10.1. The molecule has 4 unspecified atom stereocenters. The molecule has 3 aliphatic rings. The third-order valence-corrected chi connectivity index (χ3v) is 4.98. The highest BCUT2D eigenvalue weighted by molar-refractivity contribution is 5.42. The van der Waals surface area contributed by atoms with Crippen molar-refractivity contribution in [2.45, 2.75) is 25.3 Å². The number of fused-ring (bicyclic) bond motifs is 5. The molecule has 1 heterocycles. The van der Waals surface area contributed by atoms with Gasteiger partial charge < -0.3 is 10.1 Å². The molecule has 1 N–H and O–H groups in total. The lowest BCUT2D eigenvalue weighted by Crippen LogP contribution is -2.13. The number of nitrogens with one attached hydrogen (secondary N) is 1. The minimum absolute atomic E-state index is 0.695. The highest BCUT2D eigenvalue weighted by atomic mass is 16.5. The lowest BCUT2D eigenvalue weighted by atomic mass is 10.0. The molecule has 0 aromatic carbocycles. The molecule has 3 aliphatic carbocycles. The largest absolute Gasteiger partial charge is 0.481 e. The topological polar surface area (TPSA) is 34.1 Å². The molecule has 0 spiro atoms. The smallest absolute Gasteiger partial charge is 0.214 e. The number of rotatable bonds is 3. The van der Waals surface area contributed by atoms with Gasteiger partial charge in [0.1, 0.15) is 5.82 Å². The maximum absolute atomic E-state index is 5.15. The first kappa shape index (κ1) is 9.75. The maximum Gasteiger partial charge on any atom is 0.214 e. The molecule has 4 rings (SSSR count). The van der Waals surface area contributed by atoms with Crippen molar-refractivity contribution in [3.8, 4) is 5.88 Å². The molecule has 3 saturated carbocycles. The van der Waals surface area contributed by atoms with Crippen LogP contribution in [0.15, 0.2) is 18.2 Å². The van der Waals surface area contributed by atoms with E-state index in [1.807, 2.05) is 18.2 Å². The highest BCUT2D eigenvalue weighted by Crippen LogP contribution is 2.66. The first-order valence-electron chi connectivity index (χ1n) is 6.64. The zero-order chi connectivity index (χ0) is 11.4. The molecule has 90 valence electrons. The Morgan fingerprint density at radius 2 is 2.00 bits per heavy atom. The van der Waals surface area contributed by atoms with Crippen molar-refractivity contribution in [1.29, 1.82) is 0 Å². The Balaban J connectivity index is 1.49. The van der Waals surface area contributed by atoms with Gasteiger partial charge in [-0.1, -0.05) is 6.07 Å². The molecule has 3 nitrogen and oxygen atoms in total. The summed E-state index contributed by atoms with van der Waals surface area (Å²) in [6, 6.07) is 6.63. The molecular formula is C14H18N2O. The van der Waals surface area contributed by atoms with Crippen LogP contribution in [0.1, 0.15) is 19.3 Å². The summed E-state index contributed by atoms with van der Waals surface area (Å²) in [5.41, 5.74) is 0.